The van der Waals surface area contributed by atoms with Gasteiger partial charge in [-0.05, 0) is 84.0 Å². The second kappa shape index (κ2) is 7.79. The number of benzene rings is 1. The minimum Gasteiger partial charge on any atom is -0.376 e. The van der Waals surface area contributed by atoms with Gasteiger partial charge in [-0.2, -0.15) is 0 Å². The van der Waals surface area contributed by atoms with Gasteiger partial charge in [0, 0.05) is 29.7 Å². The maximum Gasteiger partial charge on any atom is 0.0641 e. The van der Waals surface area contributed by atoms with Crippen LogP contribution in [-0.2, 0) is 14.9 Å². The molecule has 1 N–H and O–H groups in total. The van der Waals surface area contributed by atoms with E-state index < -0.39 is 0 Å². The molecule has 2 atom stereocenters. The van der Waals surface area contributed by atoms with Gasteiger partial charge in [0.2, 0.25) is 0 Å². The van der Waals surface area contributed by atoms with Crippen LogP contribution in [0.25, 0.3) is 0 Å². The van der Waals surface area contributed by atoms with Crippen molar-refractivity contribution in [1.29, 1.82) is 0 Å². The fourth-order valence-electron chi connectivity index (χ4n) is 4.81. The first-order chi connectivity index (χ1) is 12.2. The standard InChI is InChI=1S/C22H34ClNO2/c1-20(2)15-19(9-13-25-20)24-12-10-22(11-14-26-21(3,4)16-22)17-5-7-18(23)8-6-17/h5-8,19,24H,9-16H2,1-4H3/t19-,22+/m1/s1. The van der Waals surface area contributed by atoms with Crippen LogP contribution in [0.15, 0.2) is 24.3 Å². The molecule has 0 saturated carbocycles. The summed E-state index contributed by atoms with van der Waals surface area (Å²) < 4.78 is 11.9. The van der Waals surface area contributed by atoms with Crippen LogP contribution in [0, 0.1) is 0 Å². The number of hydrogen-bond donors (Lipinski definition) is 1. The molecule has 4 heteroatoms. The first-order valence-electron chi connectivity index (χ1n) is 9.97. The fourth-order valence-corrected chi connectivity index (χ4v) is 4.93. The quantitative estimate of drug-likeness (QED) is 0.771. The smallest absolute Gasteiger partial charge is 0.0641 e. The molecule has 2 aliphatic rings. The maximum absolute atomic E-state index is 6.14. The van der Waals surface area contributed by atoms with Crippen molar-refractivity contribution >= 4 is 11.6 Å². The molecule has 0 spiro atoms. The Morgan fingerprint density at radius 1 is 1.04 bits per heavy atom. The molecular weight excluding hydrogens is 346 g/mol. The Kier molecular flexibility index (Phi) is 6.03. The zero-order chi connectivity index (χ0) is 18.8. The lowest BCUT2D eigenvalue weighted by molar-refractivity contribution is -0.0848. The summed E-state index contributed by atoms with van der Waals surface area (Å²) in [5.74, 6) is 0. The SMILES string of the molecule is CC1(C)C[C@H](NCC[C@]2(c3ccc(Cl)cc3)CCOC(C)(C)C2)CCO1. The Hall–Kier alpha value is -0.610. The summed E-state index contributed by atoms with van der Waals surface area (Å²) in [6.07, 6.45) is 5.42. The average molecular weight is 380 g/mol. The van der Waals surface area contributed by atoms with Gasteiger partial charge in [0.15, 0.2) is 0 Å². The van der Waals surface area contributed by atoms with Crippen molar-refractivity contribution in [2.45, 2.75) is 82.5 Å². The molecule has 2 heterocycles. The third-order valence-electron chi connectivity index (χ3n) is 6.03. The van der Waals surface area contributed by atoms with Crippen LogP contribution in [0.1, 0.15) is 65.4 Å². The maximum atomic E-state index is 6.14. The van der Waals surface area contributed by atoms with Crippen LogP contribution in [0.5, 0.6) is 0 Å². The summed E-state index contributed by atoms with van der Waals surface area (Å²) >= 11 is 6.14. The summed E-state index contributed by atoms with van der Waals surface area (Å²) in [4.78, 5) is 0. The zero-order valence-corrected chi connectivity index (χ0v) is 17.5. The van der Waals surface area contributed by atoms with Crippen molar-refractivity contribution in [3.63, 3.8) is 0 Å². The van der Waals surface area contributed by atoms with Crippen LogP contribution >= 0.6 is 11.6 Å². The van der Waals surface area contributed by atoms with Gasteiger partial charge in [-0.3, -0.25) is 0 Å². The first kappa shape index (κ1) is 20.1. The zero-order valence-electron chi connectivity index (χ0n) is 16.7. The lowest BCUT2D eigenvalue weighted by Crippen LogP contribution is -2.47. The average Bonchev–Trinajstić information content (AvgIpc) is 2.53. The largest absolute Gasteiger partial charge is 0.376 e. The normalized spacial score (nSPS) is 30.9. The highest BCUT2D eigenvalue weighted by atomic mass is 35.5. The third-order valence-corrected chi connectivity index (χ3v) is 6.28. The molecule has 0 bridgehead atoms. The van der Waals surface area contributed by atoms with E-state index >= 15 is 0 Å². The molecule has 26 heavy (non-hydrogen) atoms. The summed E-state index contributed by atoms with van der Waals surface area (Å²) in [5.41, 5.74) is 1.45. The second-order valence-corrected chi connectivity index (χ2v) is 9.76. The van der Waals surface area contributed by atoms with Gasteiger partial charge in [0.05, 0.1) is 11.2 Å². The summed E-state index contributed by atoms with van der Waals surface area (Å²) in [6.45, 7) is 11.5. The Morgan fingerprint density at radius 3 is 2.38 bits per heavy atom. The van der Waals surface area contributed by atoms with Crippen molar-refractivity contribution in [3.8, 4) is 0 Å². The van der Waals surface area contributed by atoms with E-state index in [0.717, 1.165) is 56.9 Å². The minimum absolute atomic E-state index is 0.00947. The highest BCUT2D eigenvalue weighted by Crippen LogP contribution is 2.44. The van der Waals surface area contributed by atoms with Gasteiger partial charge >= 0.3 is 0 Å². The molecule has 0 amide bonds. The number of rotatable bonds is 5. The fraction of sp³-hybridized carbons (Fsp3) is 0.727. The van der Waals surface area contributed by atoms with Crippen molar-refractivity contribution < 1.29 is 9.47 Å². The van der Waals surface area contributed by atoms with Crippen LogP contribution in [0.4, 0.5) is 0 Å². The van der Waals surface area contributed by atoms with E-state index in [1.807, 2.05) is 12.1 Å². The summed E-state index contributed by atoms with van der Waals surface area (Å²) in [5, 5.41) is 4.61. The van der Waals surface area contributed by atoms with Gasteiger partial charge < -0.3 is 14.8 Å². The van der Waals surface area contributed by atoms with E-state index in [2.05, 4.69) is 45.1 Å². The van der Waals surface area contributed by atoms with E-state index in [1.54, 1.807) is 0 Å². The Labute approximate surface area is 163 Å². The Balaban J connectivity index is 1.69. The van der Waals surface area contributed by atoms with Crippen LogP contribution in [-0.4, -0.2) is 37.0 Å². The van der Waals surface area contributed by atoms with E-state index in [-0.39, 0.29) is 16.6 Å². The monoisotopic (exact) mass is 379 g/mol. The lowest BCUT2D eigenvalue weighted by atomic mass is 9.67. The summed E-state index contributed by atoms with van der Waals surface area (Å²) in [6, 6.07) is 9.02. The Bertz CT molecular complexity index is 599. The molecule has 0 radical (unpaired) electrons. The van der Waals surface area contributed by atoms with E-state index in [1.165, 1.54) is 5.56 Å². The predicted molar refractivity (Wildman–Crippen MR) is 108 cm³/mol. The van der Waals surface area contributed by atoms with Crippen LogP contribution in [0.2, 0.25) is 5.02 Å². The number of nitrogens with one attached hydrogen (secondary N) is 1. The topological polar surface area (TPSA) is 30.5 Å². The van der Waals surface area contributed by atoms with Gasteiger partial charge in [-0.25, -0.2) is 0 Å². The van der Waals surface area contributed by atoms with Crippen LogP contribution < -0.4 is 5.32 Å². The molecule has 0 aliphatic carbocycles. The minimum atomic E-state index is -0.0848. The first-order valence-corrected chi connectivity index (χ1v) is 10.4. The molecule has 0 aromatic heterocycles. The molecule has 2 aliphatic heterocycles. The third kappa shape index (κ3) is 5.01. The van der Waals surface area contributed by atoms with Crippen LogP contribution in [0.3, 0.4) is 0 Å². The number of ether oxygens (including phenoxy) is 2. The van der Waals surface area contributed by atoms with Crippen molar-refractivity contribution in [1.82, 2.24) is 5.32 Å². The van der Waals surface area contributed by atoms with Crippen molar-refractivity contribution in [3.05, 3.63) is 34.9 Å². The molecule has 3 nitrogen and oxygen atoms in total. The molecule has 1 aromatic rings. The Morgan fingerprint density at radius 2 is 1.73 bits per heavy atom. The molecule has 146 valence electrons. The molecule has 0 unspecified atom stereocenters. The highest BCUT2D eigenvalue weighted by Gasteiger charge is 2.42. The number of hydrogen-bond acceptors (Lipinski definition) is 3. The second-order valence-electron chi connectivity index (χ2n) is 9.32. The summed E-state index contributed by atoms with van der Waals surface area (Å²) in [7, 11) is 0. The molecule has 2 saturated heterocycles. The van der Waals surface area contributed by atoms with Gasteiger partial charge in [-0.15, -0.1) is 0 Å². The molecule has 1 aromatic carbocycles. The van der Waals surface area contributed by atoms with Gasteiger partial charge in [0.1, 0.15) is 0 Å². The van der Waals surface area contributed by atoms with E-state index in [0.29, 0.717) is 6.04 Å². The molecule has 2 fully saturated rings. The highest BCUT2D eigenvalue weighted by molar-refractivity contribution is 6.30. The van der Waals surface area contributed by atoms with Gasteiger partial charge in [0.25, 0.3) is 0 Å². The number of halogens is 1. The van der Waals surface area contributed by atoms with Crippen molar-refractivity contribution in [2.24, 2.45) is 0 Å². The molecule has 3 rings (SSSR count). The van der Waals surface area contributed by atoms with E-state index in [4.69, 9.17) is 21.1 Å². The molecular formula is C22H34ClNO2. The van der Waals surface area contributed by atoms with Gasteiger partial charge in [-0.1, -0.05) is 23.7 Å². The van der Waals surface area contributed by atoms with E-state index in [9.17, 15) is 0 Å². The lowest BCUT2D eigenvalue weighted by Gasteiger charge is -2.46. The predicted octanol–water partition coefficient (Wildman–Crippen LogP) is 5.10. The van der Waals surface area contributed by atoms with Crippen molar-refractivity contribution in [2.75, 3.05) is 19.8 Å².